The van der Waals surface area contributed by atoms with E-state index in [0.29, 0.717) is 0 Å². The molecule has 0 radical (unpaired) electrons. The smallest absolute Gasteiger partial charge is 0.0827 e. The lowest BCUT2D eigenvalue weighted by Gasteiger charge is -2.15. The summed E-state index contributed by atoms with van der Waals surface area (Å²) in [5.41, 5.74) is 3.61. The Morgan fingerprint density at radius 3 is 2.50 bits per heavy atom. The maximum absolute atomic E-state index is 10.3. The van der Waals surface area contributed by atoms with Crippen LogP contribution < -0.4 is 0 Å². The molecule has 1 nitrogen and oxygen atoms in total. The first-order valence-corrected chi connectivity index (χ1v) is 6.62. The lowest BCUT2D eigenvalue weighted by molar-refractivity contribution is 0.123. The van der Waals surface area contributed by atoms with E-state index in [2.05, 4.69) is 6.07 Å². The number of aliphatic hydroxyl groups is 1. The van der Waals surface area contributed by atoms with Gasteiger partial charge in [0, 0.05) is 5.02 Å². The van der Waals surface area contributed by atoms with Gasteiger partial charge in [-0.25, -0.2) is 0 Å². The van der Waals surface area contributed by atoms with E-state index < -0.39 is 0 Å². The van der Waals surface area contributed by atoms with Crippen molar-refractivity contribution < 1.29 is 5.11 Å². The molecule has 0 unspecified atom stereocenters. The summed E-state index contributed by atoms with van der Waals surface area (Å²) in [6.45, 7) is 0. The van der Waals surface area contributed by atoms with Crippen molar-refractivity contribution in [3.63, 3.8) is 0 Å². The molecule has 1 aliphatic rings. The van der Waals surface area contributed by atoms with Gasteiger partial charge in [-0.15, -0.1) is 0 Å². The van der Waals surface area contributed by atoms with Crippen LogP contribution >= 0.6 is 11.6 Å². The van der Waals surface area contributed by atoms with Crippen molar-refractivity contribution in [1.29, 1.82) is 0 Å². The third kappa shape index (κ3) is 2.16. The van der Waals surface area contributed by atoms with E-state index in [1.807, 2.05) is 42.5 Å². The molecular weight excluding hydrogens is 244 g/mol. The normalized spacial score (nSPS) is 21.9. The number of halogens is 1. The Morgan fingerprint density at radius 2 is 1.78 bits per heavy atom. The highest BCUT2D eigenvalue weighted by atomic mass is 35.5. The Morgan fingerprint density at radius 1 is 1.06 bits per heavy atom. The Balaban J connectivity index is 1.78. The van der Waals surface area contributed by atoms with Gasteiger partial charge in [0.15, 0.2) is 0 Å². The number of benzene rings is 2. The van der Waals surface area contributed by atoms with Crippen LogP contribution in [0.2, 0.25) is 5.02 Å². The minimum absolute atomic E-state index is 0.281. The van der Waals surface area contributed by atoms with Gasteiger partial charge in [0.25, 0.3) is 0 Å². The second kappa shape index (κ2) is 4.75. The van der Waals surface area contributed by atoms with Crippen LogP contribution in [0.4, 0.5) is 0 Å². The summed E-state index contributed by atoms with van der Waals surface area (Å²) in [5.74, 6) is 0.281. The first-order chi connectivity index (χ1) is 8.74. The van der Waals surface area contributed by atoms with Gasteiger partial charge in [0.1, 0.15) is 0 Å². The second-order valence-electron chi connectivity index (χ2n) is 4.94. The van der Waals surface area contributed by atoms with Crippen molar-refractivity contribution in [3.05, 3.63) is 70.2 Å². The number of hydrogen-bond acceptors (Lipinski definition) is 1. The average Bonchev–Trinajstić information content (AvgIpc) is 2.70. The maximum Gasteiger partial charge on any atom is 0.0827 e. The summed E-state index contributed by atoms with van der Waals surface area (Å²) in [6, 6.07) is 16.1. The summed E-state index contributed by atoms with van der Waals surface area (Å²) in [5, 5.41) is 11.1. The van der Waals surface area contributed by atoms with Crippen molar-refractivity contribution in [2.45, 2.75) is 18.9 Å². The molecule has 0 heterocycles. The minimum Gasteiger partial charge on any atom is -0.388 e. The van der Waals surface area contributed by atoms with Gasteiger partial charge in [-0.3, -0.25) is 0 Å². The number of aliphatic hydroxyl groups excluding tert-OH is 1. The van der Waals surface area contributed by atoms with E-state index in [-0.39, 0.29) is 12.0 Å². The molecule has 0 saturated heterocycles. The molecule has 1 aliphatic carbocycles. The zero-order chi connectivity index (χ0) is 12.5. The summed E-state index contributed by atoms with van der Waals surface area (Å²) >= 11 is 5.88. The van der Waals surface area contributed by atoms with Gasteiger partial charge >= 0.3 is 0 Å². The summed E-state index contributed by atoms with van der Waals surface area (Å²) in [6.07, 6.45) is 1.52. The van der Waals surface area contributed by atoms with Crippen LogP contribution in [0, 0.1) is 5.92 Å². The highest BCUT2D eigenvalue weighted by molar-refractivity contribution is 6.30. The fraction of sp³-hybridized carbons (Fsp3) is 0.250. The fourth-order valence-corrected chi connectivity index (χ4v) is 2.89. The highest BCUT2D eigenvalue weighted by Crippen LogP contribution is 2.37. The Hall–Kier alpha value is -1.31. The van der Waals surface area contributed by atoms with Crippen LogP contribution in [0.1, 0.15) is 22.8 Å². The molecule has 1 N–H and O–H groups in total. The summed E-state index contributed by atoms with van der Waals surface area (Å²) < 4.78 is 0. The van der Waals surface area contributed by atoms with Gasteiger partial charge in [-0.1, -0.05) is 48.0 Å². The van der Waals surface area contributed by atoms with Crippen molar-refractivity contribution in [3.8, 4) is 0 Å². The van der Waals surface area contributed by atoms with Crippen LogP contribution in [0.5, 0.6) is 0 Å². The first kappa shape index (κ1) is 11.8. The van der Waals surface area contributed by atoms with E-state index >= 15 is 0 Å². The van der Waals surface area contributed by atoms with Crippen LogP contribution in [-0.2, 0) is 12.8 Å². The minimum atomic E-state index is -0.336. The van der Waals surface area contributed by atoms with Gasteiger partial charge in [0.2, 0.25) is 0 Å². The number of hydrogen-bond donors (Lipinski definition) is 1. The van der Waals surface area contributed by atoms with E-state index in [0.717, 1.165) is 23.4 Å². The largest absolute Gasteiger partial charge is 0.388 e. The summed E-state index contributed by atoms with van der Waals surface area (Å²) in [4.78, 5) is 0. The Bertz CT molecular complexity index is 547. The van der Waals surface area contributed by atoms with Crippen molar-refractivity contribution in [2.75, 3.05) is 0 Å². The zero-order valence-electron chi connectivity index (χ0n) is 10.0. The highest BCUT2D eigenvalue weighted by Gasteiger charge is 2.30. The van der Waals surface area contributed by atoms with E-state index in [1.54, 1.807) is 0 Å². The Kier molecular flexibility index (Phi) is 3.11. The topological polar surface area (TPSA) is 20.2 Å². The zero-order valence-corrected chi connectivity index (χ0v) is 10.8. The summed E-state index contributed by atoms with van der Waals surface area (Å²) in [7, 11) is 0. The van der Waals surface area contributed by atoms with E-state index in [4.69, 9.17) is 11.6 Å². The third-order valence-corrected chi connectivity index (χ3v) is 3.97. The molecule has 2 aromatic carbocycles. The molecule has 2 aromatic rings. The molecule has 92 valence electrons. The van der Waals surface area contributed by atoms with Crippen LogP contribution in [0.3, 0.4) is 0 Å². The average molecular weight is 259 g/mol. The second-order valence-corrected chi connectivity index (χ2v) is 5.37. The molecular formula is C16H15ClO. The molecule has 0 saturated carbocycles. The molecule has 0 bridgehead atoms. The predicted molar refractivity (Wildman–Crippen MR) is 73.8 cm³/mol. The van der Waals surface area contributed by atoms with Crippen LogP contribution in [0.15, 0.2) is 48.5 Å². The third-order valence-electron chi connectivity index (χ3n) is 3.71. The lowest BCUT2D eigenvalue weighted by Crippen LogP contribution is -2.10. The monoisotopic (exact) mass is 258 g/mol. The lowest BCUT2D eigenvalue weighted by atomic mass is 9.95. The maximum atomic E-state index is 10.3. The fourth-order valence-electron chi connectivity index (χ4n) is 2.76. The van der Waals surface area contributed by atoms with Crippen molar-refractivity contribution >= 4 is 11.6 Å². The molecule has 2 heteroatoms. The quantitative estimate of drug-likeness (QED) is 0.869. The first-order valence-electron chi connectivity index (χ1n) is 6.24. The molecule has 18 heavy (non-hydrogen) atoms. The van der Waals surface area contributed by atoms with E-state index in [1.165, 1.54) is 11.1 Å². The van der Waals surface area contributed by atoms with Gasteiger partial charge in [-0.2, -0.15) is 0 Å². The Labute approximate surface area is 112 Å². The SMILES string of the molecule is O[C@@H]1c2ccccc2C[C@H]1Cc1ccc(Cl)cc1. The van der Waals surface area contributed by atoms with Gasteiger partial charge in [-0.05, 0) is 47.6 Å². The van der Waals surface area contributed by atoms with E-state index in [9.17, 15) is 5.11 Å². The molecule has 2 atom stereocenters. The van der Waals surface area contributed by atoms with Gasteiger partial charge < -0.3 is 5.11 Å². The molecule has 0 fully saturated rings. The molecule has 3 rings (SSSR count). The number of fused-ring (bicyclic) bond motifs is 1. The molecule has 0 aromatic heterocycles. The van der Waals surface area contributed by atoms with Crippen LogP contribution in [-0.4, -0.2) is 5.11 Å². The number of rotatable bonds is 2. The predicted octanol–water partition coefficient (Wildman–Crippen LogP) is 3.79. The van der Waals surface area contributed by atoms with Crippen molar-refractivity contribution in [1.82, 2.24) is 0 Å². The molecule has 0 spiro atoms. The van der Waals surface area contributed by atoms with Gasteiger partial charge in [0.05, 0.1) is 6.10 Å². The molecule has 0 amide bonds. The van der Waals surface area contributed by atoms with Crippen molar-refractivity contribution in [2.24, 2.45) is 5.92 Å². The standard InChI is InChI=1S/C16H15ClO/c17-14-7-5-11(6-8-14)9-13-10-12-3-1-2-4-15(12)16(13)18/h1-8,13,16,18H,9-10H2/t13-,16+/m1/s1. The molecule has 0 aliphatic heterocycles. The van der Waals surface area contributed by atoms with Crippen LogP contribution in [0.25, 0.3) is 0 Å².